The van der Waals surface area contributed by atoms with Gasteiger partial charge in [-0.1, -0.05) is 37.6 Å². The number of hydrogen-bond acceptors (Lipinski definition) is 3. The Bertz CT molecular complexity index is 587. The summed E-state index contributed by atoms with van der Waals surface area (Å²) in [4.78, 5) is 11.0. The van der Waals surface area contributed by atoms with Gasteiger partial charge in [-0.25, -0.2) is 0 Å². The molecule has 1 aromatic rings. The van der Waals surface area contributed by atoms with Crippen LogP contribution in [0.15, 0.2) is 35.9 Å². The molecule has 1 saturated heterocycles. The van der Waals surface area contributed by atoms with Crippen LogP contribution in [0.5, 0.6) is 5.75 Å². The molecule has 0 saturated carbocycles. The molecule has 0 spiro atoms. The molecule has 22 heavy (non-hydrogen) atoms. The lowest BCUT2D eigenvalue weighted by Crippen LogP contribution is -2.42. The molecular formula is C19H24O3. The summed E-state index contributed by atoms with van der Waals surface area (Å²) < 4.78 is 11.3. The molecule has 0 radical (unpaired) electrons. The SMILES string of the molecule is CC(=O)Oc1ccc([C@H]2OC[C@H]3[C@@H](C)[C@@H]2C(C)=C[C@@H]3C)cc1. The molecule has 2 aliphatic rings. The van der Waals surface area contributed by atoms with Crippen molar-refractivity contribution in [1.82, 2.24) is 0 Å². The highest BCUT2D eigenvalue weighted by molar-refractivity contribution is 5.69. The summed E-state index contributed by atoms with van der Waals surface area (Å²) in [7, 11) is 0. The summed E-state index contributed by atoms with van der Waals surface area (Å²) >= 11 is 0. The molecule has 0 amide bonds. The summed E-state index contributed by atoms with van der Waals surface area (Å²) in [5, 5.41) is 0. The van der Waals surface area contributed by atoms with Gasteiger partial charge in [0, 0.05) is 12.8 Å². The smallest absolute Gasteiger partial charge is 0.308 e. The summed E-state index contributed by atoms with van der Waals surface area (Å²) in [6.07, 6.45) is 2.51. The number of ether oxygens (including phenoxy) is 2. The topological polar surface area (TPSA) is 35.5 Å². The fraction of sp³-hybridized carbons (Fsp3) is 0.526. The van der Waals surface area contributed by atoms with Crippen molar-refractivity contribution in [3.63, 3.8) is 0 Å². The molecule has 1 heterocycles. The van der Waals surface area contributed by atoms with Gasteiger partial charge < -0.3 is 9.47 Å². The lowest BCUT2D eigenvalue weighted by Gasteiger charge is -2.47. The first-order valence-corrected chi connectivity index (χ1v) is 8.05. The van der Waals surface area contributed by atoms with Gasteiger partial charge in [0.2, 0.25) is 0 Å². The largest absolute Gasteiger partial charge is 0.427 e. The highest BCUT2D eigenvalue weighted by Crippen LogP contribution is 2.49. The number of fused-ring (bicyclic) bond motifs is 2. The molecule has 1 aromatic carbocycles. The number of hydrogen-bond donors (Lipinski definition) is 0. The molecule has 1 aliphatic heterocycles. The summed E-state index contributed by atoms with van der Waals surface area (Å²) in [5.41, 5.74) is 2.60. The van der Waals surface area contributed by atoms with Crippen LogP contribution in [0, 0.1) is 23.7 Å². The number of rotatable bonds is 2. The quantitative estimate of drug-likeness (QED) is 0.467. The normalized spacial score (nSPS) is 34.0. The Kier molecular flexibility index (Phi) is 4.09. The molecule has 118 valence electrons. The van der Waals surface area contributed by atoms with E-state index in [1.54, 1.807) is 0 Å². The fourth-order valence-corrected chi connectivity index (χ4v) is 4.14. The molecule has 3 nitrogen and oxygen atoms in total. The molecule has 3 heteroatoms. The molecule has 1 aliphatic carbocycles. The van der Waals surface area contributed by atoms with Crippen LogP contribution in [0.25, 0.3) is 0 Å². The van der Waals surface area contributed by atoms with Crippen molar-refractivity contribution in [2.24, 2.45) is 23.7 Å². The Morgan fingerprint density at radius 1 is 1.23 bits per heavy atom. The van der Waals surface area contributed by atoms with Gasteiger partial charge in [0.1, 0.15) is 5.75 Å². The number of allylic oxidation sites excluding steroid dienone is 1. The minimum absolute atomic E-state index is 0.0985. The Morgan fingerprint density at radius 3 is 2.55 bits per heavy atom. The summed E-state index contributed by atoms with van der Waals surface area (Å²) in [5.74, 6) is 2.57. The Morgan fingerprint density at radius 2 is 1.91 bits per heavy atom. The van der Waals surface area contributed by atoms with Crippen molar-refractivity contribution < 1.29 is 14.3 Å². The molecular weight excluding hydrogens is 276 g/mol. The van der Waals surface area contributed by atoms with E-state index in [4.69, 9.17) is 9.47 Å². The maximum atomic E-state index is 11.0. The first kappa shape index (κ1) is 15.3. The maximum absolute atomic E-state index is 11.0. The van der Waals surface area contributed by atoms with Crippen molar-refractivity contribution in [2.75, 3.05) is 6.61 Å². The van der Waals surface area contributed by atoms with E-state index in [9.17, 15) is 4.79 Å². The van der Waals surface area contributed by atoms with E-state index in [-0.39, 0.29) is 12.1 Å². The van der Waals surface area contributed by atoms with E-state index in [1.165, 1.54) is 12.5 Å². The van der Waals surface area contributed by atoms with E-state index >= 15 is 0 Å². The van der Waals surface area contributed by atoms with Gasteiger partial charge in [0.25, 0.3) is 0 Å². The van der Waals surface area contributed by atoms with Crippen molar-refractivity contribution in [3.05, 3.63) is 41.5 Å². The van der Waals surface area contributed by atoms with Crippen LogP contribution >= 0.6 is 0 Å². The molecule has 2 bridgehead atoms. The molecule has 0 unspecified atom stereocenters. The minimum atomic E-state index is -0.293. The van der Waals surface area contributed by atoms with Crippen LogP contribution in [0.1, 0.15) is 39.4 Å². The second kappa shape index (κ2) is 5.88. The van der Waals surface area contributed by atoms with Gasteiger partial charge in [0.15, 0.2) is 0 Å². The zero-order valence-electron chi connectivity index (χ0n) is 13.7. The van der Waals surface area contributed by atoms with Crippen LogP contribution in [0.2, 0.25) is 0 Å². The maximum Gasteiger partial charge on any atom is 0.308 e. The van der Waals surface area contributed by atoms with Crippen LogP contribution in [0.4, 0.5) is 0 Å². The van der Waals surface area contributed by atoms with Crippen molar-refractivity contribution in [1.29, 1.82) is 0 Å². The lowest BCUT2D eigenvalue weighted by molar-refractivity contribution is -0.131. The zero-order chi connectivity index (χ0) is 15.9. The molecule has 5 atom stereocenters. The van der Waals surface area contributed by atoms with Crippen LogP contribution in [0.3, 0.4) is 0 Å². The highest BCUT2D eigenvalue weighted by atomic mass is 16.5. The predicted molar refractivity (Wildman–Crippen MR) is 85.5 cm³/mol. The van der Waals surface area contributed by atoms with Gasteiger partial charge in [-0.05, 0) is 42.4 Å². The number of carbonyl (C=O) groups is 1. The Hall–Kier alpha value is -1.61. The first-order chi connectivity index (χ1) is 10.5. The summed E-state index contributed by atoms with van der Waals surface area (Å²) in [6.45, 7) is 9.10. The second-order valence-corrected chi connectivity index (χ2v) is 6.74. The van der Waals surface area contributed by atoms with E-state index in [0.29, 0.717) is 29.4 Å². The van der Waals surface area contributed by atoms with Crippen molar-refractivity contribution >= 4 is 5.97 Å². The van der Waals surface area contributed by atoms with Gasteiger partial charge >= 0.3 is 5.97 Å². The molecule has 3 rings (SSSR count). The number of benzene rings is 1. The second-order valence-electron chi connectivity index (χ2n) is 6.74. The van der Waals surface area contributed by atoms with Crippen LogP contribution in [-0.4, -0.2) is 12.6 Å². The molecule has 0 N–H and O–H groups in total. The summed E-state index contributed by atoms with van der Waals surface area (Å²) in [6, 6.07) is 7.73. The van der Waals surface area contributed by atoms with Gasteiger partial charge in [0.05, 0.1) is 12.7 Å². The highest BCUT2D eigenvalue weighted by Gasteiger charge is 2.43. The van der Waals surface area contributed by atoms with Crippen LogP contribution in [-0.2, 0) is 9.53 Å². The van der Waals surface area contributed by atoms with Gasteiger partial charge in [-0.3, -0.25) is 4.79 Å². The zero-order valence-corrected chi connectivity index (χ0v) is 13.7. The minimum Gasteiger partial charge on any atom is -0.427 e. The van der Waals surface area contributed by atoms with Crippen molar-refractivity contribution in [3.8, 4) is 5.75 Å². The van der Waals surface area contributed by atoms with Gasteiger partial charge in [-0.2, -0.15) is 0 Å². The van der Waals surface area contributed by atoms with E-state index in [0.717, 1.165) is 12.2 Å². The average molecular weight is 300 g/mol. The third-order valence-electron chi connectivity index (χ3n) is 5.23. The van der Waals surface area contributed by atoms with E-state index < -0.39 is 0 Å². The standard InChI is InChI=1S/C19H24O3/c1-11-9-12(2)18-13(3)17(11)10-21-19(18)15-5-7-16(8-6-15)22-14(4)20/h5-9,11,13,17-19H,10H2,1-4H3/t11-,13+,17+,18-,19+/m0/s1. The predicted octanol–water partition coefficient (Wildman–Crippen LogP) is 4.15. The monoisotopic (exact) mass is 300 g/mol. The van der Waals surface area contributed by atoms with Gasteiger partial charge in [-0.15, -0.1) is 0 Å². The third-order valence-corrected chi connectivity index (χ3v) is 5.23. The van der Waals surface area contributed by atoms with E-state index in [2.05, 4.69) is 26.8 Å². The number of esters is 1. The average Bonchev–Trinajstić information content (AvgIpc) is 2.45. The first-order valence-electron chi connectivity index (χ1n) is 8.05. The number of carbonyl (C=O) groups excluding carboxylic acids is 1. The fourth-order valence-electron chi connectivity index (χ4n) is 4.14. The van der Waals surface area contributed by atoms with E-state index in [1.807, 2.05) is 24.3 Å². The van der Waals surface area contributed by atoms with Crippen molar-refractivity contribution in [2.45, 2.75) is 33.8 Å². The lowest BCUT2D eigenvalue weighted by atomic mass is 9.64. The third kappa shape index (κ3) is 2.70. The molecule has 1 fully saturated rings. The Labute approximate surface area is 132 Å². The Balaban J connectivity index is 1.86. The molecule has 0 aromatic heterocycles. The van der Waals surface area contributed by atoms with Crippen LogP contribution < -0.4 is 4.74 Å².